The third-order valence-electron chi connectivity index (χ3n) is 2.56. The van der Waals surface area contributed by atoms with Crippen LogP contribution in [-0.2, 0) is 9.53 Å². The lowest BCUT2D eigenvalue weighted by Gasteiger charge is -2.13. The summed E-state index contributed by atoms with van der Waals surface area (Å²) in [6, 6.07) is 1.88. The van der Waals surface area contributed by atoms with Crippen LogP contribution in [0.1, 0.15) is 25.8 Å². The largest absolute Gasteiger partial charge is 0.468 e. The fourth-order valence-corrected chi connectivity index (χ4v) is 2.47. The van der Waals surface area contributed by atoms with Crippen LogP contribution in [0.3, 0.4) is 0 Å². The number of rotatable bonds is 4. The van der Waals surface area contributed by atoms with Crippen molar-refractivity contribution in [2.24, 2.45) is 0 Å². The van der Waals surface area contributed by atoms with Crippen LogP contribution in [0.15, 0.2) is 22.2 Å². The lowest BCUT2D eigenvalue weighted by atomic mass is 10.5. The number of carbonyl (C=O) groups is 1. The Labute approximate surface area is 103 Å². The number of esters is 1. The van der Waals surface area contributed by atoms with Crippen molar-refractivity contribution >= 4 is 17.7 Å². The second-order valence-corrected chi connectivity index (χ2v) is 5.28. The minimum absolute atomic E-state index is 0.276. The van der Waals surface area contributed by atoms with Crippen LogP contribution in [0.4, 0.5) is 0 Å². The van der Waals surface area contributed by atoms with Gasteiger partial charge >= 0.3 is 5.97 Å². The molecule has 6 heteroatoms. The van der Waals surface area contributed by atoms with Gasteiger partial charge in [0, 0.05) is 18.3 Å². The van der Waals surface area contributed by atoms with Gasteiger partial charge in [0.25, 0.3) is 5.56 Å². The molecule has 5 nitrogen and oxygen atoms in total. The Morgan fingerprint density at radius 3 is 2.94 bits per heavy atom. The zero-order valence-corrected chi connectivity index (χ0v) is 10.6. The molecule has 1 saturated carbocycles. The summed E-state index contributed by atoms with van der Waals surface area (Å²) < 4.78 is 6.62. The smallest absolute Gasteiger partial charge is 0.318 e. The van der Waals surface area contributed by atoms with Crippen molar-refractivity contribution < 1.29 is 9.53 Å². The number of carbonyl (C=O) groups excluding carboxylic acids is 1. The summed E-state index contributed by atoms with van der Waals surface area (Å²) in [4.78, 5) is 26.5. The van der Waals surface area contributed by atoms with E-state index in [1.54, 1.807) is 13.1 Å². The topological polar surface area (TPSA) is 61.2 Å². The van der Waals surface area contributed by atoms with Crippen molar-refractivity contribution in [3.63, 3.8) is 0 Å². The first-order chi connectivity index (χ1) is 8.11. The summed E-state index contributed by atoms with van der Waals surface area (Å²) in [5.41, 5.74) is -0.276. The number of hydrogen-bond acceptors (Lipinski definition) is 5. The maximum atomic E-state index is 11.3. The second kappa shape index (κ2) is 4.91. The molecule has 1 aliphatic rings. The Hall–Kier alpha value is -1.30. The summed E-state index contributed by atoms with van der Waals surface area (Å²) >= 11 is 1.26. The van der Waals surface area contributed by atoms with Crippen LogP contribution < -0.4 is 5.56 Å². The number of hydrogen-bond donors (Lipinski definition) is 0. The predicted octanol–water partition coefficient (Wildman–Crippen LogP) is 1.23. The molecular weight excluding hydrogens is 240 g/mol. The maximum Gasteiger partial charge on any atom is 0.318 e. The van der Waals surface area contributed by atoms with Crippen LogP contribution in [0.5, 0.6) is 0 Å². The van der Waals surface area contributed by atoms with Gasteiger partial charge in [0.15, 0.2) is 5.16 Å². The normalized spacial score (nSPS) is 16.6. The van der Waals surface area contributed by atoms with Gasteiger partial charge in [0.1, 0.15) is 5.25 Å². The summed E-state index contributed by atoms with van der Waals surface area (Å²) in [6.07, 6.45) is 3.95. The van der Waals surface area contributed by atoms with E-state index in [-0.39, 0.29) is 16.8 Å². The van der Waals surface area contributed by atoms with E-state index in [2.05, 4.69) is 9.72 Å². The van der Waals surface area contributed by atoms with Crippen molar-refractivity contribution in [3.8, 4) is 0 Å². The van der Waals surface area contributed by atoms with Gasteiger partial charge in [0.2, 0.25) is 0 Å². The van der Waals surface area contributed by atoms with Crippen LogP contribution in [0.2, 0.25) is 0 Å². The number of nitrogens with zero attached hydrogens (tertiary/aromatic N) is 2. The first-order valence-electron chi connectivity index (χ1n) is 5.45. The third-order valence-corrected chi connectivity index (χ3v) is 3.62. The minimum atomic E-state index is -0.362. The molecule has 0 bridgehead atoms. The molecule has 92 valence electrons. The average molecular weight is 254 g/mol. The fraction of sp³-hybridized carbons (Fsp3) is 0.545. The minimum Gasteiger partial charge on any atom is -0.468 e. The highest BCUT2D eigenvalue weighted by atomic mass is 32.2. The number of ether oxygens (including phenoxy) is 1. The fourth-order valence-electron chi connectivity index (χ4n) is 1.49. The van der Waals surface area contributed by atoms with Gasteiger partial charge in [-0.1, -0.05) is 11.8 Å². The molecule has 0 spiro atoms. The van der Waals surface area contributed by atoms with Crippen LogP contribution in [-0.4, -0.2) is 27.9 Å². The van der Waals surface area contributed by atoms with Gasteiger partial charge in [-0.3, -0.25) is 9.59 Å². The standard InChI is InChI=1S/C11H14N2O3S/c1-7(10(15)16-2)17-11-12-9(14)5-6-13(11)8-3-4-8/h5-8H,3-4H2,1-2H3. The van der Waals surface area contributed by atoms with E-state index in [0.717, 1.165) is 12.8 Å². The summed E-state index contributed by atoms with van der Waals surface area (Å²) in [5, 5.41) is 0.234. The number of methoxy groups -OCH3 is 1. The van der Waals surface area contributed by atoms with E-state index in [4.69, 9.17) is 0 Å². The molecule has 0 amide bonds. The lowest BCUT2D eigenvalue weighted by molar-refractivity contribution is -0.139. The highest BCUT2D eigenvalue weighted by molar-refractivity contribution is 8.00. The Kier molecular flexibility index (Phi) is 3.51. The molecule has 0 aliphatic heterocycles. The van der Waals surface area contributed by atoms with Crippen LogP contribution in [0.25, 0.3) is 0 Å². The van der Waals surface area contributed by atoms with Gasteiger partial charge in [0.05, 0.1) is 7.11 Å². The van der Waals surface area contributed by atoms with E-state index >= 15 is 0 Å². The van der Waals surface area contributed by atoms with Crippen molar-refractivity contribution in [1.29, 1.82) is 0 Å². The van der Waals surface area contributed by atoms with Crippen molar-refractivity contribution in [3.05, 3.63) is 22.6 Å². The van der Waals surface area contributed by atoms with Gasteiger partial charge in [-0.2, -0.15) is 4.98 Å². The predicted molar refractivity (Wildman–Crippen MR) is 64.1 cm³/mol. The molecule has 1 aliphatic carbocycles. The monoisotopic (exact) mass is 254 g/mol. The Morgan fingerprint density at radius 2 is 2.35 bits per heavy atom. The SMILES string of the molecule is COC(=O)C(C)Sc1nc(=O)ccn1C1CC1. The van der Waals surface area contributed by atoms with E-state index in [1.807, 2.05) is 4.57 Å². The number of thioether (sulfide) groups is 1. The lowest BCUT2D eigenvalue weighted by Crippen LogP contribution is -2.19. The molecule has 17 heavy (non-hydrogen) atoms. The van der Waals surface area contributed by atoms with Gasteiger partial charge < -0.3 is 9.30 Å². The summed E-state index contributed by atoms with van der Waals surface area (Å²) in [7, 11) is 1.35. The van der Waals surface area contributed by atoms with Crippen molar-refractivity contribution in [2.45, 2.75) is 36.2 Å². The van der Waals surface area contributed by atoms with E-state index < -0.39 is 0 Å². The Morgan fingerprint density at radius 1 is 1.65 bits per heavy atom. The maximum absolute atomic E-state index is 11.3. The van der Waals surface area contributed by atoms with Gasteiger partial charge in [-0.15, -0.1) is 0 Å². The highest BCUT2D eigenvalue weighted by Crippen LogP contribution is 2.37. The average Bonchev–Trinajstić information content (AvgIpc) is 3.12. The van der Waals surface area contributed by atoms with Crippen molar-refractivity contribution in [1.82, 2.24) is 9.55 Å². The quantitative estimate of drug-likeness (QED) is 0.459. The molecule has 1 aromatic heterocycles. The second-order valence-electron chi connectivity index (χ2n) is 3.97. The Bertz CT molecular complexity index is 482. The van der Waals surface area contributed by atoms with Crippen LogP contribution >= 0.6 is 11.8 Å². The molecule has 2 rings (SSSR count). The molecule has 0 radical (unpaired) electrons. The highest BCUT2D eigenvalue weighted by Gasteiger charge is 2.27. The molecule has 0 saturated heterocycles. The molecule has 1 unspecified atom stereocenters. The summed E-state index contributed by atoms with van der Waals surface area (Å²) in [5.74, 6) is -0.310. The van der Waals surface area contributed by atoms with Gasteiger partial charge in [-0.25, -0.2) is 0 Å². The molecule has 1 heterocycles. The molecule has 0 N–H and O–H groups in total. The first kappa shape index (κ1) is 12.2. The van der Waals surface area contributed by atoms with E-state index in [9.17, 15) is 9.59 Å². The molecule has 1 atom stereocenters. The molecule has 0 aromatic carbocycles. The Balaban J connectivity index is 2.21. The van der Waals surface area contributed by atoms with E-state index in [1.165, 1.54) is 24.9 Å². The zero-order chi connectivity index (χ0) is 12.4. The van der Waals surface area contributed by atoms with Gasteiger partial charge in [-0.05, 0) is 19.8 Å². The summed E-state index contributed by atoms with van der Waals surface area (Å²) in [6.45, 7) is 1.74. The molecular formula is C11H14N2O3S. The van der Waals surface area contributed by atoms with E-state index in [0.29, 0.717) is 11.2 Å². The number of aromatic nitrogens is 2. The first-order valence-corrected chi connectivity index (χ1v) is 6.33. The molecule has 1 fully saturated rings. The van der Waals surface area contributed by atoms with Crippen LogP contribution in [0, 0.1) is 0 Å². The third kappa shape index (κ3) is 2.88. The van der Waals surface area contributed by atoms with Crippen molar-refractivity contribution in [2.75, 3.05) is 7.11 Å². The molecule has 1 aromatic rings. The zero-order valence-electron chi connectivity index (χ0n) is 9.75.